The molecule has 1 aromatic carbocycles. The molecule has 0 amide bonds. The molecular weight excluding hydrogens is 200 g/mol. The molecule has 0 radical (unpaired) electrons. The van der Waals surface area contributed by atoms with Crippen LogP contribution in [0.1, 0.15) is 23.7 Å². The number of aromatic carboxylic acids is 1. The van der Waals surface area contributed by atoms with E-state index in [2.05, 4.69) is 0 Å². The van der Waals surface area contributed by atoms with Crippen LogP contribution in [0.25, 0.3) is 0 Å². The zero-order valence-corrected chi connectivity index (χ0v) is 8.23. The van der Waals surface area contributed by atoms with E-state index in [1.54, 1.807) is 0 Å². The summed E-state index contributed by atoms with van der Waals surface area (Å²) in [6.07, 6.45) is 0.720. The summed E-state index contributed by atoms with van der Waals surface area (Å²) >= 11 is 0. The molecule has 0 aliphatic heterocycles. The van der Waals surface area contributed by atoms with Gasteiger partial charge >= 0.3 is 5.97 Å². The van der Waals surface area contributed by atoms with Gasteiger partial charge in [0.15, 0.2) is 11.5 Å². The lowest BCUT2D eigenvalue weighted by Crippen LogP contribution is -2.00. The highest BCUT2D eigenvalue weighted by atomic mass is 16.5. The Hall–Kier alpha value is -1.91. The smallest absolute Gasteiger partial charge is 0.335 e. The minimum absolute atomic E-state index is 0.0192. The first-order valence-corrected chi connectivity index (χ1v) is 4.48. The zero-order chi connectivity index (χ0) is 11.4. The van der Waals surface area contributed by atoms with Crippen molar-refractivity contribution >= 4 is 5.97 Å². The fourth-order valence-corrected chi connectivity index (χ4v) is 1.04. The monoisotopic (exact) mass is 212 g/mol. The number of carboxylic acids is 1. The number of benzene rings is 1. The van der Waals surface area contributed by atoms with Crippen molar-refractivity contribution in [3.05, 3.63) is 17.7 Å². The topological polar surface area (TPSA) is 87.0 Å². The molecule has 0 spiro atoms. The quantitative estimate of drug-likeness (QED) is 0.659. The van der Waals surface area contributed by atoms with Gasteiger partial charge in [0.1, 0.15) is 0 Å². The summed E-state index contributed by atoms with van der Waals surface area (Å²) in [6.45, 7) is 2.22. The molecule has 0 fully saturated rings. The van der Waals surface area contributed by atoms with Gasteiger partial charge in [0.05, 0.1) is 12.2 Å². The van der Waals surface area contributed by atoms with Crippen LogP contribution < -0.4 is 4.74 Å². The van der Waals surface area contributed by atoms with Crippen LogP contribution in [0.15, 0.2) is 12.1 Å². The molecular formula is C10H12O5. The third-order valence-electron chi connectivity index (χ3n) is 1.76. The van der Waals surface area contributed by atoms with Crippen LogP contribution in [0, 0.1) is 0 Å². The van der Waals surface area contributed by atoms with E-state index in [-0.39, 0.29) is 11.3 Å². The number of phenolic OH excluding ortho intramolecular Hbond substituents is 2. The van der Waals surface area contributed by atoms with Gasteiger partial charge in [-0.1, -0.05) is 6.92 Å². The predicted molar refractivity (Wildman–Crippen MR) is 52.5 cm³/mol. The first kappa shape index (κ1) is 11.2. The number of carboxylic acid groups (broad SMARTS) is 1. The summed E-state index contributed by atoms with van der Waals surface area (Å²) in [5.74, 6) is -2.14. The van der Waals surface area contributed by atoms with E-state index in [0.29, 0.717) is 6.61 Å². The molecule has 15 heavy (non-hydrogen) atoms. The Morgan fingerprint density at radius 3 is 2.60 bits per heavy atom. The normalized spacial score (nSPS) is 9.93. The standard InChI is InChI=1S/C10H12O5/c1-2-3-15-8-5-6(10(13)14)4-7(11)9(8)12/h4-5,11-12H,2-3H2,1H3,(H,13,14). The molecule has 0 bridgehead atoms. The van der Waals surface area contributed by atoms with E-state index in [4.69, 9.17) is 9.84 Å². The van der Waals surface area contributed by atoms with Crippen molar-refractivity contribution in [1.29, 1.82) is 0 Å². The molecule has 5 nitrogen and oxygen atoms in total. The van der Waals surface area contributed by atoms with E-state index in [1.165, 1.54) is 6.07 Å². The number of aromatic hydroxyl groups is 2. The molecule has 0 aliphatic carbocycles. The fraction of sp³-hybridized carbons (Fsp3) is 0.300. The van der Waals surface area contributed by atoms with Crippen LogP contribution in [-0.2, 0) is 0 Å². The summed E-state index contributed by atoms with van der Waals surface area (Å²) in [5, 5.41) is 27.3. The lowest BCUT2D eigenvalue weighted by Gasteiger charge is -2.08. The lowest BCUT2D eigenvalue weighted by molar-refractivity contribution is 0.0695. The van der Waals surface area contributed by atoms with E-state index >= 15 is 0 Å². The zero-order valence-electron chi connectivity index (χ0n) is 8.23. The average Bonchev–Trinajstić information content (AvgIpc) is 2.19. The van der Waals surface area contributed by atoms with Crippen LogP contribution in [0.2, 0.25) is 0 Å². The predicted octanol–water partition coefficient (Wildman–Crippen LogP) is 1.58. The number of ether oxygens (including phenoxy) is 1. The van der Waals surface area contributed by atoms with Crippen molar-refractivity contribution in [2.45, 2.75) is 13.3 Å². The van der Waals surface area contributed by atoms with Gasteiger partial charge in [0.2, 0.25) is 5.75 Å². The number of hydrogen-bond donors (Lipinski definition) is 3. The molecule has 0 atom stereocenters. The van der Waals surface area contributed by atoms with Gasteiger partial charge in [0, 0.05) is 0 Å². The third-order valence-corrected chi connectivity index (χ3v) is 1.76. The first-order valence-electron chi connectivity index (χ1n) is 4.48. The summed E-state index contributed by atoms with van der Waals surface area (Å²) in [6, 6.07) is 2.14. The fourth-order valence-electron chi connectivity index (χ4n) is 1.04. The minimum Gasteiger partial charge on any atom is -0.504 e. The minimum atomic E-state index is -1.19. The second-order valence-corrected chi connectivity index (χ2v) is 3.00. The van der Waals surface area contributed by atoms with Crippen molar-refractivity contribution in [2.75, 3.05) is 6.61 Å². The van der Waals surface area contributed by atoms with Crippen molar-refractivity contribution in [1.82, 2.24) is 0 Å². The molecule has 0 unspecified atom stereocenters. The summed E-state index contributed by atoms with van der Waals surface area (Å²) in [4.78, 5) is 10.6. The van der Waals surface area contributed by atoms with Gasteiger partial charge in [-0.15, -0.1) is 0 Å². The van der Waals surface area contributed by atoms with Gasteiger partial charge in [-0.2, -0.15) is 0 Å². The third kappa shape index (κ3) is 2.52. The van der Waals surface area contributed by atoms with Crippen LogP contribution in [0.5, 0.6) is 17.2 Å². The Morgan fingerprint density at radius 1 is 1.40 bits per heavy atom. The number of carbonyl (C=O) groups is 1. The first-order chi connectivity index (χ1) is 7.06. The highest BCUT2D eigenvalue weighted by Gasteiger charge is 2.13. The Balaban J connectivity index is 3.07. The molecule has 0 saturated heterocycles. The van der Waals surface area contributed by atoms with Gasteiger partial charge in [-0.3, -0.25) is 0 Å². The molecule has 5 heteroatoms. The van der Waals surface area contributed by atoms with Crippen molar-refractivity contribution < 1.29 is 24.9 Å². The highest BCUT2D eigenvalue weighted by Crippen LogP contribution is 2.36. The maximum absolute atomic E-state index is 10.6. The second-order valence-electron chi connectivity index (χ2n) is 3.00. The Morgan fingerprint density at radius 2 is 2.07 bits per heavy atom. The molecule has 1 rings (SSSR count). The molecule has 0 aromatic heterocycles. The van der Waals surface area contributed by atoms with Crippen LogP contribution in [0.4, 0.5) is 0 Å². The molecule has 0 saturated carbocycles. The Kier molecular flexibility index (Phi) is 3.38. The molecule has 82 valence electrons. The van der Waals surface area contributed by atoms with E-state index in [9.17, 15) is 15.0 Å². The molecule has 0 heterocycles. The average molecular weight is 212 g/mol. The lowest BCUT2D eigenvalue weighted by atomic mass is 10.2. The number of hydrogen-bond acceptors (Lipinski definition) is 4. The van der Waals surface area contributed by atoms with Crippen molar-refractivity contribution in [2.24, 2.45) is 0 Å². The van der Waals surface area contributed by atoms with Gasteiger partial charge in [-0.25, -0.2) is 4.79 Å². The number of phenols is 2. The number of rotatable bonds is 4. The van der Waals surface area contributed by atoms with Crippen molar-refractivity contribution in [3.8, 4) is 17.2 Å². The SMILES string of the molecule is CCCOc1cc(C(=O)O)cc(O)c1O. The maximum Gasteiger partial charge on any atom is 0.335 e. The maximum atomic E-state index is 10.6. The van der Waals surface area contributed by atoms with E-state index < -0.39 is 17.5 Å². The van der Waals surface area contributed by atoms with E-state index in [1.807, 2.05) is 6.92 Å². The summed E-state index contributed by atoms with van der Waals surface area (Å²) in [7, 11) is 0. The van der Waals surface area contributed by atoms with E-state index in [0.717, 1.165) is 12.5 Å². The van der Waals surface area contributed by atoms with Crippen molar-refractivity contribution in [3.63, 3.8) is 0 Å². The second kappa shape index (κ2) is 4.54. The molecule has 0 aliphatic rings. The molecule has 1 aromatic rings. The van der Waals surface area contributed by atoms with Crippen LogP contribution >= 0.6 is 0 Å². The summed E-state index contributed by atoms with van der Waals surface area (Å²) < 4.78 is 5.08. The Bertz CT molecular complexity index is 372. The van der Waals surface area contributed by atoms with Crippen LogP contribution in [0.3, 0.4) is 0 Å². The van der Waals surface area contributed by atoms with Gasteiger partial charge in [0.25, 0.3) is 0 Å². The van der Waals surface area contributed by atoms with Gasteiger partial charge in [-0.05, 0) is 18.6 Å². The molecule has 3 N–H and O–H groups in total. The summed E-state index contributed by atoms with van der Waals surface area (Å²) in [5.41, 5.74) is -0.128. The highest BCUT2D eigenvalue weighted by molar-refractivity contribution is 5.89. The van der Waals surface area contributed by atoms with Crippen LogP contribution in [-0.4, -0.2) is 27.9 Å². The Labute approximate surface area is 86.5 Å². The largest absolute Gasteiger partial charge is 0.504 e. The van der Waals surface area contributed by atoms with Gasteiger partial charge < -0.3 is 20.1 Å².